The van der Waals surface area contributed by atoms with E-state index in [-0.39, 0.29) is 16.4 Å². The maximum Gasteiger partial charge on any atom is 0.340 e. The third-order valence-electron chi connectivity index (χ3n) is 3.57. The third kappa shape index (κ3) is 3.65. The molecule has 2 aromatic carbocycles. The second-order valence-electron chi connectivity index (χ2n) is 5.30. The summed E-state index contributed by atoms with van der Waals surface area (Å²) in [5, 5.41) is 13.9. The summed E-state index contributed by atoms with van der Waals surface area (Å²) in [5.74, 6) is -1.28. The average molecular weight is 374 g/mol. The molecule has 0 aliphatic carbocycles. The quantitative estimate of drug-likeness (QED) is 0.403. The van der Waals surface area contributed by atoms with E-state index in [0.717, 1.165) is 11.6 Å². The highest BCUT2D eigenvalue weighted by Gasteiger charge is 2.16. The SMILES string of the molecule is O=C(COC(=O)c1c[nH]c2ccccc12)Nc1ccc(Cl)c([N+](=O)[O-])c1. The lowest BCUT2D eigenvalue weighted by Gasteiger charge is -2.07. The zero-order valence-corrected chi connectivity index (χ0v) is 13.9. The molecule has 1 aromatic heterocycles. The molecular formula is C17H12ClN3O5. The highest BCUT2D eigenvalue weighted by Crippen LogP contribution is 2.27. The molecule has 0 spiro atoms. The van der Waals surface area contributed by atoms with Gasteiger partial charge in [0.2, 0.25) is 0 Å². The number of hydrogen-bond donors (Lipinski definition) is 2. The number of nitro groups is 1. The lowest BCUT2D eigenvalue weighted by molar-refractivity contribution is -0.384. The van der Waals surface area contributed by atoms with Crippen molar-refractivity contribution in [2.75, 3.05) is 11.9 Å². The van der Waals surface area contributed by atoms with E-state index < -0.39 is 23.4 Å². The topological polar surface area (TPSA) is 114 Å². The van der Waals surface area contributed by atoms with Crippen LogP contribution in [0.4, 0.5) is 11.4 Å². The van der Waals surface area contributed by atoms with Gasteiger partial charge in [-0.1, -0.05) is 29.8 Å². The summed E-state index contributed by atoms with van der Waals surface area (Å²) in [5.41, 5.74) is 0.933. The molecule has 0 aliphatic heterocycles. The van der Waals surface area contributed by atoms with E-state index in [1.165, 1.54) is 18.3 Å². The van der Waals surface area contributed by atoms with E-state index in [2.05, 4.69) is 10.3 Å². The maximum absolute atomic E-state index is 12.1. The molecule has 3 rings (SSSR count). The Hall–Kier alpha value is -3.39. The number of halogens is 1. The minimum absolute atomic E-state index is 0.0428. The first-order valence-electron chi connectivity index (χ1n) is 7.43. The fraction of sp³-hybridized carbons (Fsp3) is 0.0588. The smallest absolute Gasteiger partial charge is 0.340 e. The third-order valence-corrected chi connectivity index (χ3v) is 3.89. The minimum atomic E-state index is -0.658. The van der Waals surface area contributed by atoms with Crippen molar-refractivity contribution >= 4 is 45.8 Å². The van der Waals surface area contributed by atoms with Crippen LogP contribution in [0.5, 0.6) is 0 Å². The number of hydrogen-bond acceptors (Lipinski definition) is 5. The molecule has 0 bridgehead atoms. The van der Waals surface area contributed by atoms with Crippen LogP contribution in [-0.4, -0.2) is 28.4 Å². The fourth-order valence-corrected chi connectivity index (χ4v) is 2.56. The molecule has 1 heterocycles. The number of benzene rings is 2. The van der Waals surface area contributed by atoms with Gasteiger partial charge in [0.05, 0.1) is 10.5 Å². The molecular weight excluding hydrogens is 362 g/mol. The molecule has 2 N–H and O–H groups in total. The van der Waals surface area contributed by atoms with Gasteiger partial charge in [-0.05, 0) is 18.2 Å². The normalized spacial score (nSPS) is 10.5. The zero-order valence-electron chi connectivity index (χ0n) is 13.2. The first-order chi connectivity index (χ1) is 12.5. The van der Waals surface area contributed by atoms with Gasteiger partial charge in [-0.25, -0.2) is 4.79 Å². The Morgan fingerprint density at radius 2 is 2.00 bits per heavy atom. The Morgan fingerprint density at radius 1 is 1.23 bits per heavy atom. The predicted octanol–water partition coefficient (Wildman–Crippen LogP) is 3.53. The molecule has 0 atom stereocenters. The summed E-state index contributed by atoms with van der Waals surface area (Å²) >= 11 is 5.71. The van der Waals surface area contributed by atoms with Gasteiger partial charge >= 0.3 is 5.97 Å². The summed E-state index contributed by atoms with van der Waals surface area (Å²) in [4.78, 5) is 37.2. The number of aromatic nitrogens is 1. The van der Waals surface area contributed by atoms with E-state index >= 15 is 0 Å². The van der Waals surface area contributed by atoms with Crippen LogP contribution < -0.4 is 5.32 Å². The van der Waals surface area contributed by atoms with Crippen LogP contribution in [0.1, 0.15) is 10.4 Å². The number of amides is 1. The summed E-state index contributed by atoms with van der Waals surface area (Å²) in [6, 6.07) is 11.0. The zero-order chi connectivity index (χ0) is 18.7. The summed E-state index contributed by atoms with van der Waals surface area (Å²) in [7, 11) is 0. The molecule has 1 amide bonds. The van der Waals surface area contributed by atoms with Crippen LogP contribution in [0, 0.1) is 10.1 Å². The van der Waals surface area contributed by atoms with Crippen molar-refractivity contribution in [3.63, 3.8) is 0 Å². The van der Waals surface area contributed by atoms with Crippen molar-refractivity contribution in [2.24, 2.45) is 0 Å². The predicted molar refractivity (Wildman–Crippen MR) is 95.3 cm³/mol. The first kappa shape index (κ1) is 17.4. The van der Waals surface area contributed by atoms with Gasteiger partial charge in [-0.3, -0.25) is 14.9 Å². The second kappa shape index (κ2) is 7.24. The largest absolute Gasteiger partial charge is 0.452 e. The molecule has 26 heavy (non-hydrogen) atoms. The van der Waals surface area contributed by atoms with Gasteiger partial charge in [0.1, 0.15) is 5.02 Å². The minimum Gasteiger partial charge on any atom is -0.452 e. The number of ether oxygens (including phenoxy) is 1. The van der Waals surface area contributed by atoms with Gasteiger partial charge in [-0.2, -0.15) is 0 Å². The monoisotopic (exact) mass is 373 g/mol. The number of carbonyl (C=O) groups excluding carboxylic acids is 2. The van der Waals surface area contributed by atoms with E-state index in [1.807, 2.05) is 12.1 Å². The lowest BCUT2D eigenvalue weighted by Crippen LogP contribution is -2.20. The van der Waals surface area contributed by atoms with Gasteiger partial charge in [-0.15, -0.1) is 0 Å². The number of rotatable bonds is 5. The van der Waals surface area contributed by atoms with E-state index in [9.17, 15) is 19.7 Å². The molecule has 0 saturated carbocycles. The second-order valence-corrected chi connectivity index (χ2v) is 5.70. The standard InChI is InChI=1S/C17H12ClN3O5/c18-13-6-5-10(7-15(13)21(24)25)20-16(22)9-26-17(23)12-8-19-14-4-2-1-3-11(12)14/h1-8,19H,9H2,(H,20,22). The molecule has 0 unspecified atom stereocenters. The number of esters is 1. The molecule has 0 radical (unpaired) electrons. The number of nitro benzene ring substituents is 1. The Morgan fingerprint density at radius 3 is 2.77 bits per heavy atom. The first-order valence-corrected chi connectivity index (χ1v) is 7.80. The van der Waals surface area contributed by atoms with E-state index in [0.29, 0.717) is 10.9 Å². The molecule has 0 saturated heterocycles. The van der Waals surface area contributed by atoms with Crippen molar-refractivity contribution in [1.82, 2.24) is 4.98 Å². The van der Waals surface area contributed by atoms with Crippen LogP contribution >= 0.6 is 11.6 Å². The number of H-pyrrole nitrogens is 1. The highest BCUT2D eigenvalue weighted by atomic mass is 35.5. The van der Waals surface area contributed by atoms with Crippen LogP contribution in [0.3, 0.4) is 0 Å². The summed E-state index contributed by atoms with van der Waals surface area (Å²) in [6.07, 6.45) is 1.51. The summed E-state index contributed by atoms with van der Waals surface area (Å²) < 4.78 is 5.00. The number of carbonyl (C=O) groups is 2. The average Bonchev–Trinajstić information content (AvgIpc) is 3.05. The Bertz CT molecular complexity index is 1010. The number of nitrogens with zero attached hydrogens (tertiary/aromatic N) is 1. The molecule has 3 aromatic rings. The molecule has 0 aliphatic rings. The Kier molecular flexibility index (Phi) is 4.85. The van der Waals surface area contributed by atoms with Gasteiger partial charge in [0.15, 0.2) is 6.61 Å². The number of para-hydroxylation sites is 1. The summed E-state index contributed by atoms with van der Waals surface area (Å²) in [6.45, 7) is -0.533. The fourth-order valence-electron chi connectivity index (χ4n) is 2.38. The molecule has 132 valence electrons. The van der Waals surface area contributed by atoms with Gasteiger partial charge in [0, 0.05) is 28.9 Å². The number of anilines is 1. The van der Waals surface area contributed by atoms with Crippen molar-refractivity contribution < 1.29 is 19.2 Å². The van der Waals surface area contributed by atoms with Gasteiger partial charge < -0.3 is 15.0 Å². The van der Waals surface area contributed by atoms with Crippen molar-refractivity contribution in [1.29, 1.82) is 0 Å². The van der Waals surface area contributed by atoms with Crippen molar-refractivity contribution in [3.8, 4) is 0 Å². The van der Waals surface area contributed by atoms with Crippen LogP contribution in [0.25, 0.3) is 10.9 Å². The van der Waals surface area contributed by atoms with E-state index in [4.69, 9.17) is 16.3 Å². The Balaban J connectivity index is 1.63. The van der Waals surface area contributed by atoms with Gasteiger partial charge in [0.25, 0.3) is 11.6 Å². The van der Waals surface area contributed by atoms with E-state index in [1.54, 1.807) is 12.1 Å². The van der Waals surface area contributed by atoms with Crippen LogP contribution in [0.15, 0.2) is 48.7 Å². The van der Waals surface area contributed by atoms with Crippen LogP contribution in [-0.2, 0) is 9.53 Å². The number of fused-ring (bicyclic) bond motifs is 1. The highest BCUT2D eigenvalue weighted by molar-refractivity contribution is 6.32. The molecule has 0 fully saturated rings. The Labute approximate surface area is 151 Å². The van der Waals surface area contributed by atoms with Crippen molar-refractivity contribution in [2.45, 2.75) is 0 Å². The molecule has 9 heteroatoms. The molecule has 8 nitrogen and oxygen atoms in total. The van der Waals surface area contributed by atoms with Crippen molar-refractivity contribution in [3.05, 3.63) is 69.4 Å². The lowest BCUT2D eigenvalue weighted by atomic mass is 10.2. The maximum atomic E-state index is 12.1. The number of aromatic amines is 1. The number of nitrogens with one attached hydrogen (secondary N) is 2. The van der Waals surface area contributed by atoms with Crippen LogP contribution in [0.2, 0.25) is 5.02 Å².